The predicted octanol–water partition coefficient (Wildman–Crippen LogP) is 4.92. The number of hydrogen-bond acceptors (Lipinski definition) is 4. The van der Waals surface area contributed by atoms with Crippen LogP contribution in [0.2, 0.25) is 0 Å². The first-order valence-electron chi connectivity index (χ1n) is 12.4. The Morgan fingerprint density at radius 3 is 2.27 bits per heavy atom. The number of carbonyl (C=O) groups is 1. The number of fused-ring (bicyclic) bond motifs is 1. The number of nitrogens with one attached hydrogen (secondary N) is 2. The lowest BCUT2D eigenvalue weighted by molar-refractivity contribution is -0.118. The second-order valence-electron chi connectivity index (χ2n) is 9.80. The summed E-state index contributed by atoms with van der Waals surface area (Å²) in [5, 5.41) is 7.50. The maximum Gasteiger partial charge on any atom is 0.262 e. The van der Waals surface area contributed by atoms with Crippen molar-refractivity contribution < 1.29 is 13.2 Å². The van der Waals surface area contributed by atoms with E-state index in [-0.39, 0.29) is 11.7 Å². The van der Waals surface area contributed by atoms with Crippen molar-refractivity contribution in [1.82, 2.24) is 0 Å². The van der Waals surface area contributed by atoms with Crippen LogP contribution in [0.5, 0.6) is 0 Å². The van der Waals surface area contributed by atoms with Gasteiger partial charge in [-0.3, -0.25) is 14.9 Å². The van der Waals surface area contributed by atoms with E-state index in [0.717, 1.165) is 51.9 Å². The second-order valence-corrected chi connectivity index (χ2v) is 11.4. The van der Waals surface area contributed by atoms with E-state index in [4.69, 9.17) is 11.1 Å². The lowest BCUT2D eigenvalue weighted by Crippen LogP contribution is -2.35. The van der Waals surface area contributed by atoms with Crippen LogP contribution in [-0.4, -0.2) is 26.7 Å². The Morgan fingerprint density at radius 2 is 1.65 bits per heavy atom. The number of sulfonamides is 1. The van der Waals surface area contributed by atoms with Crippen LogP contribution in [0.4, 0.5) is 11.4 Å². The van der Waals surface area contributed by atoms with Gasteiger partial charge in [0.15, 0.2) is 0 Å². The fourth-order valence-electron chi connectivity index (χ4n) is 4.95. The molecule has 3 aromatic rings. The lowest BCUT2D eigenvalue weighted by atomic mass is 10.00. The molecule has 3 aromatic carbocycles. The molecule has 0 atom stereocenters. The van der Waals surface area contributed by atoms with Gasteiger partial charge in [0.2, 0.25) is 5.91 Å². The predicted molar refractivity (Wildman–Crippen MR) is 149 cm³/mol. The van der Waals surface area contributed by atoms with Gasteiger partial charge in [0.25, 0.3) is 10.0 Å². The molecule has 0 aliphatic carbocycles. The summed E-state index contributed by atoms with van der Waals surface area (Å²) in [6.07, 6.45) is 2.55. The van der Waals surface area contributed by atoms with Crippen molar-refractivity contribution >= 4 is 33.1 Å². The van der Waals surface area contributed by atoms with E-state index in [1.807, 2.05) is 58.0 Å². The van der Waals surface area contributed by atoms with Crippen molar-refractivity contribution in [2.24, 2.45) is 5.73 Å². The third-order valence-electron chi connectivity index (χ3n) is 7.21. The number of amidine groups is 1. The minimum absolute atomic E-state index is 0.0217. The molecular weight excluding hydrogens is 484 g/mol. The van der Waals surface area contributed by atoms with E-state index in [1.54, 1.807) is 23.1 Å². The Kier molecular flexibility index (Phi) is 7.41. The molecule has 0 saturated heterocycles. The minimum Gasteiger partial charge on any atom is -0.384 e. The van der Waals surface area contributed by atoms with Gasteiger partial charge in [0, 0.05) is 29.9 Å². The van der Waals surface area contributed by atoms with Crippen LogP contribution in [0.3, 0.4) is 0 Å². The Morgan fingerprint density at radius 1 is 1.00 bits per heavy atom. The first-order valence-corrected chi connectivity index (χ1v) is 13.9. The molecule has 0 bridgehead atoms. The Hall–Kier alpha value is -3.65. The number of nitrogens with two attached hydrogens (primary N) is 1. The Bertz CT molecular complexity index is 1450. The number of benzene rings is 3. The number of rotatable bonds is 7. The fraction of sp³-hybridized carbons (Fsp3) is 0.310. The van der Waals surface area contributed by atoms with Crippen molar-refractivity contribution in [1.29, 1.82) is 5.41 Å². The van der Waals surface area contributed by atoms with Gasteiger partial charge in [0.1, 0.15) is 5.84 Å². The number of nitrogens with zero attached hydrogens (tertiary/aromatic N) is 1. The third kappa shape index (κ3) is 5.54. The molecule has 0 radical (unpaired) electrons. The van der Waals surface area contributed by atoms with E-state index in [2.05, 4.69) is 4.72 Å². The topological polar surface area (TPSA) is 116 Å². The zero-order valence-electron chi connectivity index (χ0n) is 21.8. The van der Waals surface area contributed by atoms with Gasteiger partial charge in [-0.15, -0.1) is 0 Å². The molecule has 4 N–H and O–H groups in total. The third-order valence-corrected chi connectivity index (χ3v) is 8.86. The van der Waals surface area contributed by atoms with E-state index >= 15 is 0 Å². The number of anilines is 2. The molecule has 37 heavy (non-hydrogen) atoms. The van der Waals surface area contributed by atoms with Crippen molar-refractivity contribution in [3.8, 4) is 0 Å². The van der Waals surface area contributed by atoms with Gasteiger partial charge in [-0.25, -0.2) is 8.42 Å². The van der Waals surface area contributed by atoms with Crippen LogP contribution in [0, 0.1) is 33.1 Å². The van der Waals surface area contributed by atoms with Crippen LogP contribution in [0.1, 0.15) is 51.8 Å². The van der Waals surface area contributed by atoms with Crippen LogP contribution in [-0.2, 0) is 27.7 Å². The zero-order valence-corrected chi connectivity index (χ0v) is 22.6. The second kappa shape index (κ2) is 10.4. The number of aryl methyl sites for hydroxylation is 4. The largest absolute Gasteiger partial charge is 0.384 e. The SMILES string of the molecule is Cc1cc(C)c(C)c(S(=O)(=O)Nc2ccc3c(c2)CCCN3C(=O)CCc2ccc(C(=N)N)cc2)c1C. The molecule has 0 saturated carbocycles. The average molecular weight is 519 g/mol. The number of nitrogen functional groups attached to an aromatic ring is 1. The standard InChI is InChI=1S/C29H34N4O3S/c1-18-16-19(2)21(4)28(20(18)3)37(35,36)32-25-12-13-26-24(17-25)6-5-15-33(26)27(34)14-9-22-7-10-23(11-8-22)29(30)31/h7-8,10-13,16-17,32H,5-6,9,14-15H2,1-4H3,(H3,30,31). The summed E-state index contributed by atoms with van der Waals surface area (Å²) < 4.78 is 29.5. The summed E-state index contributed by atoms with van der Waals surface area (Å²) in [7, 11) is -3.78. The molecule has 0 aromatic heterocycles. The average Bonchev–Trinajstić information content (AvgIpc) is 2.85. The van der Waals surface area contributed by atoms with Crippen molar-refractivity contribution in [3.05, 3.63) is 87.5 Å². The maximum absolute atomic E-state index is 13.4. The summed E-state index contributed by atoms with van der Waals surface area (Å²) in [5.74, 6) is 0.0554. The van der Waals surface area contributed by atoms with Gasteiger partial charge in [-0.05, 0) is 98.5 Å². The van der Waals surface area contributed by atoms with Crippen molar-refractivity contribution in [3.63, 3.8) is 0 Å². The highest BCUT2D eigenvalue weighted by Gasteiger charge is 2.25. The van der Waals surface area contributed by atoms with Crippen LogP contribution < -0.4 is 15.4 Å². The summed E-state index contributed by atoms with van der Waals surface area (Å²) in [6, 6.07) is 14.8. The molecule has 1 aliphatic heterocycles. The molecule has 194 valence electrons. The van der Waals surface area contributed by atoms with Gasteiger partial charge in [0.05, 0.1) is 4.90 Å². The quantitative estimate of drug-likeness (QED) is 0.304. The number of carbonyl (C=O) groups excluding carboxylic acids is 1. The highest BCUT2D eigenvalue weighted by molar-refractivity contribution is 7.92. The molecule has 7 nitrogen and oxygen atoms in total. The molecule has 1 heterocycles. The fourth-order valence-corrected chi connectivity index (χ4v) is 6.61. The van der Waals surface area contributed by atoms with E-state index < -0.39 is 10.0 Å². The minimum atomic E-state index is -3.78. The van der Waals surface area contributed by atoms with Crippen molar-refractivity contribution in [2.75, 3.05) is 16.2 Å². The molecule has 0 fully saturated rings. The van der Waals surface area contributed by atoms with Crippen molar-refractivity contribution in [2.45, 2.75) is 58.3 Å². The monoisotopic (exact) mass is 518 g/mol. The smallest absolute Gasteiger partial charge is 0.262 e. The summed E-state index contributed by atoms with van der Waals surface area (Å²) in [6.45, 7) is 8.16. The number of hydrogen-bond donors (Lipinski definition) is 3. The molecule has 0 spiro atoms. The zero-order chi connectivity index (χ0) is 26.9. The van der Waals surface area contributed by atoms with Crippen LogP contribution >= 0.6 is 0 Å². The van der Waals surface area contributed by atoms with Crippen LogP contribution in [0.25, 0.3) is 0 Å². The highest BCUT2D eigenvalue weighted by Crippen LogP contribution is 2.33. The van der Waals surface area contributed by atoms with Gasteiger partial charge in [-0.2, -0.15) is 0 Å². The summed E-state index contributed by atoms with van der Waals surface area (Å²) in [4.78, 5) is 15.2. The lowest BCUT2D eigenvalue weighted by Gasteiger charge is -2.30. The van der Waals surface area contributed by atoms with E-state index in [1.165, 1.54) is 0 Å². The first kappa shape index (κ1) is 26.4. The Labute approximate surface area is 219 Å². The first-order chi connectivity index (χ1) is 17.5. The van der Waals surface area contributed by atoms with E-state index in [0.29, 0.717) is 35.5 Å². The summed E-state index contributed by atoms with van der Waals surface area (Å²) in [5.41, 5.74) is 12.9. The molecule has 4 rings (SSSR count). The molecule has 8 heteroatoms. The Balaban J connectivity index is 1.51. The molecule has 1 amide bonds. The number of amides is 1. The van der Waals surface area contributed by atoms with E-state index in [9.17, 15) is 13.2 Å². The molecule has 0 unspecified atom stereocenters. The normalized spacial score (nSPS) is 13.2. The van der Waals surface area contributed by atoms with Crippen LogP contribution in [0.15, 0.2) is 53.4 Å². The molecule has 1 aliphatic rings. The maximum atomic E-state index is 13.4. The van der Waals surface area contributed by atoms with Gasteiger partial charge in [-0.1, -0.05) is 30.3 Å². The van der Waals surface area contributed by atoms with Gasteiger partial charge >= 0.3 is 0 Å². The van der Waals surface area contributed by atoms with Gasteiger partial charge < -0.3 is 10.6 Å². The highest BCUT2D eigenvalue weighted by atomic mass is 32.2. The summed E-state index contributed by atoms with van der Waals surface area (Å²) >= 11 is 0. The molecular formula is C29H34N4O3S.